The van der Waals surface area contributed by atoms with Gasteiger partial charge in [-0.25, -0.2) is 4.98 Å². The molecule has 158 valence electrons. The van der Waals surface area contributed by atoms with Gasteiger partial charge in [-0.05, 0) is 49.3 Å². The molecule has 1 fully saturated rings. The minimum absolute atomic E-state index is 0.0526. The number of nitro benzene ring substituents is 1. The monoisotopic (exact) mass is 410 g/mol. The van der Waals surface area contributed by atoms with E-state index in [9.17, 15) is 10.1 Å². The van der Waals surface area contributed by atoms with Crippen LogP contribution in [0.4, 0.5) is 11.6 Å². The van der Waals surface area contributed by atoms with Crippen LogP contribution in [0.2, 0.25) is 0 Å². The van der Waals surface area contributed by atoms with Crippen LogP contribution in [0.3, 0.4) is 0 Å². The molecule has 2 aromatic rings. The Balaban J connectivity index is 1.83. The van der Waals surface area contributed by atoms with Crippen molar-refractivity contribution in [3.05, 3.63) is 69.8 Å². The molecule has 1 heterocycles. The maximum absolute atomic E-state index is 11.4. The number of nitrogens with two attached hydrogens (primary N) is 1. The molecule has 0 aliphatic heterocycles. The summed E-state index contributed by atoms with van der Waals surface area (Å²) >= 11 is 0. The van der Waals surface area contributed by atoms with Crippen molar-refractivity contribution < 1.29 is 14.4 Å². The van der Waals surface area contributed by atoms with E-state index in [4.69, 9.17) is 15.2 Å². The maximum Gasteiger partial charge on any atom is 0.269 e. The summed E-state index contributed by atoms with van der Waals surface area (Å²) in [6.45, 7) is 0. The molecule has 1 aromatic carbocycles. The van der Waals surface area contributed by atoms with E-state index in [0.717, 1.165) is 29.9 Å². The molecule has 3 unspecified atom stereocenters. The van der Waals surface area contributed by atoms with Crippen LogP contribution in [0.15, 0.2) is 48.4 Å². The molecule has 2 aliphatic rings. The highest BCUT2D eigenvalue weighted by Gasteiger charge is 2.50. The molecule has 8 heteroatoms. The Bertz CT molecular complexity index is 1020. The second-order valence-electron chi connectivity index (χ2n) is 8.04. The number of non-ortho nitro benzene ring substituents is 1. The topological polar surface area (TPSA) is 105 Å². The van der Waals surface area contributed by atoms with E-state index in [1.54, 1.807) is 26.4 Å². The van der Waals surface area contributed by atoms with Crippen LogP contribution in [0.5, 0.6) is 5.75 Å². The summed E-state index contributed by atoms with van der Waals surface area (Å²) in [7, 11) is 5.13. The van der Waals surface area contributed by atoms with Crippen molar-refractivity contribution in [2.75, 3.05) is 20.0 Å². The molecule has 8 nitrogen and oxygen atoms in total. The Morgan fingerprint density at radius 2 is 2.17 bits per heavy atom. The third-order valence-electron chi connectivity index (χ3n) is 6.51. The highest BCUT2D eigenvalue weighted by molar-refractivity contribution is 5.47. The first-order valence-electron chi connectivity index (χ1n) is 9.92. The fourth-order valence-electron chi connectivity index (χ4n) is 4.97. The van der Waals surface area contributed by atoms with Gasteiger partial charge in [0.15, 0.2) is 5.95 Å². The summed E-state index contributed by atoms with van der Waals surface area (Å²) in [5.41, 5.74) is 7.48. The van der Waals surface area contributed by atoms with Crippen molar-refractivity contribution in [2.45, 2.75) is 24.7 Å². The van der Waals surface area contributed by atoms with Gasteiger partial charge in [-0.15, -0.1) is 0 Å². The van der Waals surface area contributed by atoms with Crippen molar-refractivity contribution in [3.8, 4) is 5.75 Å². The summed E-state index contributed by atoms with van der Waals surface area (Å²) in [6.07, 6.45) is 10.7. The quantitative estimate of drug-likeness (QED) is 0.577. The van der Waals surface area contributed by atoms with E-state index < -0.39 is 0 Å². The van der Waals surface area contributed by atoms with Crippen LogP contribution in [-0.4, -0.2) is 28.7 Å². The zero-order chi connectivity index (χ0) is 21.5. The van der Waals surface area contributed by atoms with Crippen molar-refractivity contribution in [1.82, 2.24) is 9.55 Å². The minimum atomic E-state index is -0.375. The lowest BCUT2D eigenvalue weighted by atomic mass is 9.68. The molecule has 0 bridgehead atoms. The van der Waals surface area contributed by atoms with Crippen LogP contribution in [-0.2, 0) is 23.6 Å². The SMILES string of the molecule is COC1=CC2CCC(Cc3cc([N+](=O)[O-])ccc3OC)(c3cn(C)c(N)n3)C2C=C1. The lowest BCUT2D eigenvalue weighted by Gasteiger charge is -2.36. The average molecular weight is 410 g/mol. The molecule has 1 saturated carbocycles. The molecule has 0 radical (unpaired) electrons. The number of benzene rings is 1. The number of aryl methyl sites for hydroxylation is 1. The highest BCUT2D eigenvalue weighted by Crippen LogP contribution is 2.54. The largest absolute Gasteiger partial charge is 0.497 e. The van der Waals surface area contributed by atoms with Gasteiger partial charge in [0.25, 0.3) is 5.69 Å². The number of ether oxygens (including phenoxy) is 2. The van der Waals surface area contributed by atoms with E-state index in [-0.39, 0.29) is 21.9 Å². The normalized spacial score (nSPS) is 25.0. The molecular weight excluding hydrogens is 384 g/mol. The first-order valence-corrected chi connectivity index (χ1v) is 9.92. The number of imidazole rings is 1. The molecule has 2 aliphatic carbocycles. The summed E-state index contributed by atoms with van der Waals surface area (Å²) in [5.74, 6) is 2.43. The van der Waals surface area contributed by atoms with E-state index in [0.29, 0.717) is 24.0 Å². The molecule has 4 rings (SSSR count). The van der Waals surface area contributed by atoms with E-state index in [1.807, 2.05) is 23.9 Å². The number of aromatic nitrogens is 2. The van der Waals surface area contributed by atoms with Crippen LogP contribution in [0, 0.1) is 22.0 Å². The fraction of sp³-hybridized carbons (Fsp3) is 0.409. The van der Waals surface area contributed by atoms with Gasteiger partial charge in [-0.3, -0.25) is 10.1 Å². The van der Waals surface area contributed by atoms with E-state index >= 15 is 0 Å². The number of rotatable bonds is 6. The van der Waals surface area contributed by atoms with E-state index in [2.05, 4.69) is 17.1 Å². The Morgan fingerprint density at radius 1 is 1.37 bits per heavy atom. The Hall–Kier alpha value is -3.29. The standard InChI is InChI=1S/C22H26N4O4/c1-25-13-20(24-21(25)23)22(9-8-14-11-17(29-2)5-6-18(14)22)12-15-10-16(26(27)28)4-7-19(15)30-3/h4-7,10-11,13-14,18H,8-9,12H2,1-3H3,(H2,23,24). The number of nitrogens with zero attached hydrogens (tertiary/aromatic N) is 3. The smallest absolute Gasteiger partial charge is 0.269 e. The second-order valence-corrected chi connectivity index (χ2v) is 8.04. The third kappa shape index (κ3) is 3.22. The van der Waals surface area contributed by atoms with Crippen molar-refractivity contribution in [1.29, 1.82) is 0 Å². The van der Waals surface area contributed by atoms with Gasteiger partial charge in [-0.1, -0.05) is 6.08 Å². The third-order valence-corrected chi connectivity index (χ3v) is 6.51. The average Bonchev–Trinajstić information content (AvgIpc) is 3.28. The number of fused-ring (bicyclic) bond motifs is 1. The van der Waals surface area contributed by atoms with Crippen molar-refractivity contribution >= 4 is 11.6 Å². The molecule has 0 saturated heterocycles. The van der Waals surface area contributed by atoms with Gasteiger partial charge in [0, 0.05) is 36.4 Å². The molecule has 0 amide bonds. The van der Waals surface area contributed by atoms with Gasteiger partial charge in [0.2, 0.25) is 0 Å². The highest BCUT2D eigenvalue weighted by atomic mass is 16.6. The molecule has 0 spiro atoms. The van der Waals surface area contributed by atoms with Gasteiger partial charge in [0.1, 0.15) is 11.5 Å². The van der Waals surface area contributed by atoms with Gasteiger partial charge >= 0.3 is 0 Å². The van der Waals surface area contributed by atoms with Gasteiger partial charge in [0.05, 0.1) is 24.8 Å². The van der Waals surface area contributed by atoms with Gasteiger partial charge in [-0.2, -0.15) is 0 Å². The summed E-state index contributed by atoms with van der Waals surface area (Å²) in [6, 6.07) is 4.75. The summed E-state index contributed by atoms with van der Waals surface area (Å²) < 4.78 is 12.8. The molecular formula is C22H26N4O4. The maximum atomic E-state index is 11.4. The summed E-state index contributed by atoms with van der Waals surface area (Å²) in [5, 5.41) is 11.4. The zero-order valence-corrected chi connectivity index (χ0v) is 17.4. The summed E-state index contributed by atoms with van der Waals surface area (Å²) in [4.78, 5) is 15.7. The van der Waals surface area contributed by atoms with E-state index in [1.165, 1.54) is 6.07 Å². The first-order chi connectivity index (χ1) is 14.4. The predicted octanol–water partition coefficient (Wildman–Crippen LogP) is 3.53. The number of hydrogen-bond donors (Lipinski definition) is 1. The number of allylic oxidation sites excluding steroid dienone is 3. The zero-order valence-electron chi connectivity index (χ0n) is 17.4. The first kappa shape index (κ1) is 20.0. The van der Waals surface area contributed by atoms with Gasteiger partial charge < -0.3 is 19.8 Å². The number of anilines is 1. The molecule has 1 aromatic heterocycles. The predicted molar refractivity (Wildman–Crippen MR) is 113 cm³/mol. The fourth-order valence-corrected chi connectivity index (χ4v) is 4.97. The number of methoxy groups -OCH3 is 2. The van der Waals surface area contributed by atoms with Crippen molar-refractivity contribution in [2.24, 2.45) is 18.9 Å². The van der Waals surface area contributed by atoms with Crippen molar-refractivity contribution in [3.63, 3.8) is 0 Å². The number of nitro groups is 1. The number of hydrogen-bond acceptors (Lipinski definition) is 6. The molecule has 30 heavy (non-hydrogen) atoms. The molecule has 3 atom stereocenters. The van der Waals surface area contributed by atoms with Crippen LogP contribution >= 0.6 is 0 Å². The molecule has 2 N–H and O–H groups in total. The minimum Gasteiger partial charge on any atom is -0.497 e. The lowest BCUT2D eigenvalue weighted by Crippen LogP contribution is -2.35. The van der Waals surface area contributed by atoms with Crippen LogP contribution < -0.4 is 10.5 Å². The van der Waals surface area contributed by atoms with Crippen LogP contribution in [0.25, 0.3) is 0 Å². The Labute approximate surface area is 175 Å². The second kappa shape index (κ2) is 7.51. The number of nitrogen functional groups attached to an aromatic ring is 1. The Morgan fingerprint density at radius 3 is 2.80 bits per heavy atom. The Kier molecular flexibility index (Phi) is 5.01. The lowest BCUT2D eigenvalue weighted by molar-refractivity contribution is -0.384. The van der Waals surface area contributed by atoms with Crippen LogP contribution in [0.1, 0.15) is 24.1 Å².